The standard InChI is InChI=1S/C13H22N2O3/c1-18-13(17)8-11-4-2-3-7-15(11)9-12(16)14-10-5-6-10/h10-11H,2-9H2,1H3,(H,14,16). The highest BCUT2D eigenvalue weighted by Crippen LogP contribution is 2.21. The van der Waals surface area contributed by atoms with Crippen molar-refractivity contribution in [2.75, 3.05) is 20.2 Å². The molecule has 5 heteroatoms. The summed E-state index contributed by atoms with van der Waals surface area (Å²) in [6.07, 6.45) is 5.82. The Hall–Kier alpha value is -1.10. The van der Waals surface area contributed by atoms with Gasteiger partial charge in [0.15, 0.2) is 0 Å². The second-order valence-corrected chi connectivity index (χ2v) is 5.24. The molecule has 0 spiro atoms. The number of methoxy groups -OCH3 is 1. The maximum atomic E-state index is 11.8. The SMILES string of the molecule is COC(=O)CC1CCCCN1CC(=O)NC1CC1. The van der Waals surface area contributed by atoms with Crippen LogP contribution in [0.3, 0.4) is 0 Å². The molecule has 1 heterocycles. The highest BCUT2D eigenvalue weighted by atomic mass is 16.5. The predicted octanol–water partition coefficient (Wildman–Crippen LogP) is 0.683. The number of hydrogen-bond donors (Lipinski definition) is 1. The lowest BCUT2D eigenvalue weighted by molar-refractivity contribution is -0.143. The number of piperidine rings is 1. The highest BCUT2D eigenvalue weighted by molar-refractivity contribution is 5.78. The fraction of sp³-hybridized carbons (Fsp3) is 0.846. The van der Waals surface area contributed by atoms with E-state index in [1.54, 1.807) is 0 Å². The Balaban J connectivity index is 1.81. The summed E-state index contributed by atoms with van der Waals surface area (Å²) in [5.74, 6) is -0.0937. The van der Waals surface area contributed by atoms with E-state index < -0.39 is 0 Å². The molecular formula is C13H22N2O3. The number of carbonyl (C=O) groups is 2. The van der Waals surface area contributed by atoms with E-state index in [1.165, 1.54) is 7.11 Å². The molecule has 0 aromatic carbocycles. The summed E-state index contributed by atoms with van der Waals surface area (Å²) in [5.41, 5.74) is 0. The molecule has 1 atom stereocenters. The number of amides is 1. The number of nitrogens with one attached hydrogen (secondary N) is 1. The van der Waals surface area contributed by atoms with Crippen LogP contribution in [0.2, 0.25) is 0 Å². The number of carbonyl (C=O) groups excluding carboxylic acids is 2. The first-order chi connectivity index (χ1) is 8.69. The average Bonchev–Trinajstić information content (AvgIpc) is 3.15. The van der Waals surface area contributed by atoms with Crippen LogP contribution in [0.1, 0.15) is 38.5 Å². The molecule has 1 unspecified atom stereocenters. The second-order valence-electron chi connectivity index (χ2n) is 5.24. The lowest BCUT2D eigenvalue weighted by Crippen LogP contribution is -2.46. The van der Waals surface area contributed by atoms with Crippen LogP contribution in [0.25, 0.3) is 0 Å². The van der Waals surface area contributed by atoms with Crippen molar-refractivity contribution in [2.45, 2.75) is 50.6 Å². The van der Waals surface area contributed by atoms with Gasteiger partial charge in [-0.2, -0.15) is 0 Å². The first kappa shape index (κ1) is 13.3. The van der Waals surface area contributed by atoms with Gasteiger partial charge in [0.2, 0.25) is 5.91 Å². The van der Waals surface area contributed by atoms with Crippen molar-refractivity contribution in [3.05, 3.63) is 0 Å². The van der Waals surface area contributed by atoms with Gasteiger partial charge in [-0.05, 0) is 32.2 Å². The van der Waals surface area contributed by atoms with E-state index in [0.717, 1.165) is 38.6 Å². The third kappa shape index (κ3) is 3.98. The lowest BCUT2D eigenvalue weighted by Gasteiger charge is -2.34. The minimum absolute atomic E-state index is 0.0919. The zero-order chi connectivity index (χ0) is 13.0. The van der Waals surface area contributed by atoms with Crippen LogP contribution in [0, 0.1) is 0 Å². The highest BCUT2D eigenvalue weighted by Gasteiger charge is 2.28. The molecule has 5 nitrogen and oxygen atoms in total. The summed E-state index contributed by atoms with van der Waals surface area (Å²) in [4.78, 5) is 25.3. The maximum Gasteiger partial charge on any atom is 0.307 e. The van der Waals surface area contributed by atoms with Gasteiger partial charge in [0.25, 0.3) is 0 Å². The van der Waals surface area contributed by atoms with E-state index in [2.05, 4.69) is 10.2 Å². The third-order valence-electron chi connectivity index (χ3n) is 3.67. The molecule has 102 valence electrons. The van der Waals surface area contributed by atoms with E-state index in [9.17, 15) is 9.59 Å². The van der Waals surface area contributed by atoms with E-state index in [4.69, 9.17) is 4.74 Å². The molecule has 0 radical (unpaired) electrons. The first-order valence-corrected chi connectivity index (χ1v) is 6.79. The van der Waals surface area contributed by atoms with Crippen molar-refractivity contribution in [3.8, 4) is 0 Å². The topological polar surface area (TPSA) is 58.6 Å². The Morgan fingerprint density at radius 1 is 1.28 bits per heavy atom. The monoisotopic (exact) mass is 254 g/mol. The predicted molar refractivity (Wildman–Crippen MR) is 67.0 cm³/mol. The van der Waals surface area contributed by atoms with Crippen LogP contribution >= 0.6 is 0 Å². The van der Waals surface area contributed by atoms with E-state index in [1.807, 2.05) is 0 Å². The summed E-state index contributed by atoms with van der Waals surface area (Å²) in [5, 5.41) is 2.99. The van der Waals surface area contributed by atoms with Crippen LogP contribution in [0.5, 0.6) is 0 Å². The van der Waals surface area contributed by atoms with Crippen molar-refractivity contribution < 1.29 is 14.3 Å². The third-order valence-corrected chi connectivity index (χ3v) is 3.67. The molecule has 2 aliphatic rings. The fourth-order valence-electron chi connectivity index (χ4n) is 2.46. The Labute approximate surface area is 108 Å². The number of rotatable bonds is 5. The molecule has 0 aromatic rings. The Bertz CT molecular complexity index is 315. The summed E-state index contributed by atoms with van der Waals surface area (Å²) in [6.45, 7) is 1.32. The number of likely N-dealkylation sites (tertiary alicyclic amines) is 1. The number of ether oxygens (including phenoxy) is 1. The Kier molecular flexibility index (Phi) is 4.58. The molecule has 1 N–H and O–H groups in total. The van der Waals surface area contributed by atoms with Crippen molar-refractivity contribution in [3.63, 3.8) is 0 Å². The molecule has 18 heavy (non-hydrogen) atoms. The molecule has 0 bridgehead atoms. The van der Waals surface area contributed by atoms with Crippen LogP contribution < -0.4 is 5.32 Å². The minimum Gasteiger partial charge on any atom is -0.469 e. The van der Waals surface area contributed by atoms with Gasteiger partial charge in [-0.25, -0.2) is 0 Å². The van der Waals surface area contributed by atoms with Gasteiger partial charge in [-0.3, -0.25) is 14.5 Å². The largest absolute Gasteiger partial charge is 0.469 e. The van der Waals surface area contributed by atoms with Crippen LogP contribution in [-0.4, -0.2) is 49.1 Å². The quantitative estimate of drug-likeness (QED) is 0.733. The summed E-state index contributed by atoms with van der Waals surface area (Å²) in [7, 11) is 1.41. The maximum absolute atomic E-state index is 11.8. The van der Waals surface area contributed by atoms with Gasteiger partial charge in [0.05, 0.1) is 20.1 Å². The van der Waals surface area contributed by atoms with Crippen molar-refractivity contribution >= 4 is 11.9 Å². The van der Waals surface area contributed by atoms with Gasteiger partial charge < -0.3 is 10.1 Å². The van der Waals surface area contributed by atoms with Crippen molar-refractivity contribution in [2.24, 2.45) is 0 Å². The number of esters is 1. The molecular weight excluding hydrogens is 232 g/mol. The number of hydrogen-bond acceptors (Lipinski definition) is 4. The van der Waals surface area contributed by atoms with Crippen molar-refractivity contribution in [1.29, 1.82) is 0 Å². The molecule has 1 aliphatic heterocycles. The minimum atomic E-state index is -0.186. The number of nitrogens with zero attached hydrogens (tertiary/aromatic N) is 1. The van der Waals surface area contributed by atoms with Gasteiger partial charge in [0, 0.05) is 12.1 Å². The Morgan fingerprint density at radius 2 is 2.06 bits per heavy atom. The van der Waals surface area contributed by atoms with Crippen LogP contribution in [-0.2, 0) is 14.3 Å². The Morgan fingerprint density at radius 3 is 2.72 bits per heavy atom. The first-order valence-electron chi connectivity index (χ1n) is 6.79. The normalized spacial score (nSPS) is 24.6. The van der Waals surface area contributed by atoms with Crippen LogP contribution in [0.4, 0.5) is 0 Å². The molecule has 1 amide bonds. The molecule has 1 saturated heterocycles. The molecule has 1 aliphatic carbocycles. The van der Waals surface area contributed by atoms with Gasteiger partial charge in [0.1, 0.15) is 0 Å². The zero-order valence-corrected chi connectivity index (χ0v) is 11.0. The van der Waals surface area contributed by atoms with E-state index >= 15 is 0 Å². The fourth-order valence-corrected chi connectivity index (χ4v) is 2.46. The molecule has 2 rings (SSSR count). The van der Waals surface area contributed by atoms with Gasteiger partial charge in [-0.1, -0.05) is 6.42 Å². The molecule has 2 fully saturated rings. The van der Waals surface area contributed by atoms with Gasteiger partial charge >= 0.3 is 5.97 Å². The average molecular weight is 254 g/mol. The van der Waals surface area contributed by atoms with Gasteiger partial charge in [-0.15, -0.1) is 0 Å². The smallest absolute Gasteiger partial charge is 0.307 e. The van der Waals surface area contributed by atoms with E-state index in [0.29, 0.717) is 19.0 Å². The van der Waals surface area contributed by atoms with E-state index in [-0.39, 0.29) is 17.9 Å². The summed E-state index contributed by atoms with van der Waals surface area (Å²) >= 11 is 0. The second kappa shape index (κ2) is 6.18. The molecule has 1 saturated carbocycles. The zero-order valence-electron chi connectivity index (χ0n) is 11.0. The summed E-state index contributed by atoms with van der Waals surface area (Å²) < 4.78 is 4.71. The molecule has 0 aromatic heterocycles. The summed E-state index contributed by atoms with van der Waals surface area (Å²) in [6, 6.07) is 0.567. The van der Waals surface area contributed by atoms with Crippen molar-refractivity contribution in [1.82, 2.24) is 10.2 Å². The van der Waals surface area contributed by atoms with Crippen LogP contribution in [0.15, 0.2) is 0 Å². The lowest BCUT2D eigenvalue weighted by atomic mass is 9.99.